The number of halogens is 1. The van der Waals surface area contributed by atoms with Crippen LogP contribution < -0.4 is 15.0 Å². The number of sulfone groups is 1. The number of nitrogens with one attached hydrogen (secondary N) is 1. The predicted molar refractivity (Wildman–Crippen MR) is 122 cm³/mol. The Morgan fingerprint density at radius 2 is 1.97 bits per heavy atom. The predicted octanol–water partition coefficient (Wildman–Crippen LogP) is 3.78. The molecule has 2 heterocycles. The topological polar surface area (TPSA) is 101 Å². The molecule has 1 aliphatic rings. The molecule has 1 saturated heterocycles. The van der Waals surface area contributed by atoms with Crippen LogP contribution in [0.25, 0.3) is 0 Å². The zero-order chi connectivity index (χ0) is 22.8. The van der Waals surface area contributed by atoms with Crippen molar-refractivity contribution in [2.75, 3.05) is 23.5 Å². The van der Waals surface area contributed by atoms with E-state index in [1.54, 1.807) is 53.6 Å². The number of aromatic nitrogens is 2. The lowest BCUT2D eigenvalue weighted by Gasteiger charge is -2.37. The molecule has 2 amide bonds. The summed E-state index contributed by atoms with van der Waals surface area (Å²) < 4.78 is 29.9. The highest BCUT2D eigenvalue weighted by Gasteiger charge is 2.48. The summed E-state index contributed by atoms with van der Waals surface area (Å²) in [5.74, 6) is 0.726. The Balaban J connectivity index is 1.79. The average Bonchev–Trinajstić information content (AvgIpc) is 3.11. The van der Waals surface area contributed by atoms with Crippen LogP contribution in [0, 0.1) is 0 Å². The number of benzene rings is 2. The lowest BCUT2D eigenvalue weighted by atomic mass is 9.86. The molecular weight excluding hydrogens is 452 g/mol. The Bertz CT molecular complexity index is 1220. The first-order chi connectivity index (χ1) is 15.3. The number of carbonyl (C=O) groups is 1. The second-order valence-electron chi connectivity index (χ2n) is 7.56. The van der Waals surface area contributed by atoms with E-state index in [0.717, 1.165) is 5.56 Å². The Hall–Kier alpha value is -3.17. The minimum atomic E-state index is -3.28. The maximum absolute atomic E-state index is 12.9. The van der Waals surface area contributed by atoms with Gasteiger partial charge in [-0.05, 0) is 48.4 Å². The number of anilines is 1. The van der Waals surface area contributed by atoms with Gasteiger partial charge in [0.1, 0.15) is 15.6 Å². The van der Waals surface area contributed by atoms with Crippen LogP contribution in [0.1, 0.15) is 12.0 Å². The molecule has 2 aromatic carbocycles. The highest BCUT2D eigenvalue weighted by Crippen LogP contribution is 2.41. The molecular formula is C22H21ClN4O4S. The Kier molecular flexibility index (Phi) is 6.03. The molecule has 1 N–H and O–H groups in total. The first-order valence-corrected chi connectivity index (χ1v) is 12.3. The van der Waals surface area contributed by atoms with E-state index in [0.29, 0.717) is 22.3 Å². The highest BCUT2D eigenvalue weighted by molar-refractivity contribution is 7.90. The van der Waals surface area contributed by atoms with E-state index < -0.39 is 15.4 Å². The van der Waals surface area contributed by atoms with Crippen molar-refractivity contribution >= 4 is 33.2 Å². The van der Waals surface area contributed by atoms with Gasteiger partial charge in [-0.15, -0.1) is 0 Å². The molecule has 1 fully saturated rings. The molecule has 1 aromatic heterocycles. The molecule has 0 saturated carbocycles. The fourth-order valence-corrected chi connectivity index (χ4v) is 4.60. The van der Waals surface area contributed by atoms with E-state index in [4.69, 9.17) is 16.3 Å². The molecule has 0 spiro atoms. The molecule has 10 heteroatoms. The van der Waals surface area contributed by atoms with Crippen molar-refractivity contribution in [3.05, 3.63) is 77.7 Å². The second-order valence-corrected chi connectivity index (χ2v) is 10.3. The molecule has 0 aliphatic carbocycles. The van der Waals surface area contributed by atoms with Crippen molar-refractivity contribution in [3.63, 3.8) is 0 Å². The number of hydrogen-bond acceptors (Lipinski definition) is 6. The van der Waals surface area contributed by atoms with Gasteiger partial charge in [0.15, 0.2) is 0 Å². The number of hydrogen-bond donors (Lipinski definition) is 1. The summed E-state index contributed by atoms with van der Waals surface area (Å²) in [6, 6.07) is 13.8. The Morgan fingerprint density at radius 1 is 1.19 bits per heavy atom. The standard InChI is InChI=1S/C22H21ClN4O4S/c1-32(29,30)12-9-22(15-26-21(28)27(22)18-7-5-17(23)6-8-18)16-3-2-4-19(13-16)31-20-14-24-10-11-25-20/h2-8,10-11,13-14H,9,12,15H2,1H3,(H,26,28)/t22-/m1/s1. The summed E-state index contributed by atoms with van der Waals surface area (Å²) in [7, 11) is -3.28. The van der Waals surface area contributed by atoms with Crippen LogP contribution in [-0.4, -0.2) is 43.0 Å². The molecule has 1 aliphatic heterocycles. The Morgan fingerprint density at radius 3 is 2.66 bits per heavy atom. The molecule has 166 valence electrons. The van der Waals surface area contributed by atoms with Gasteiger partial charge in [0.2, 0.25) is 5.88 Å². The SMILES string of the molecule is CS(=O)(=O)CC[C@]1(c2cccc(Oc3cnccn3)c2)CNC(=O)N1c1ccc(Cl)cc1. The van der Waals surface area contributed by atoms with E-state index >= 15 is 0 Å². The number of urea groups is 1. The van der Waals surface area contributed by atoms with Gasteiger partial charge in [-0.25, -0.2) is 18.2 Å². The van der Waals surface area contributed by atoms with Gasteiger partial charge < -0.3 is 10.1 Å². The average molecular weight is 473 g/mol. The van der Waals surface area contributed by atoms with Crippen molar-refractivity contribution in [2.45, 2.75) is 12.0 Å². The van der Waals surface area contributed by atoms with E-state index in [-0.39, 0.29) is 24.7 Å². The van der Waals surface area contributed by atoms with E-state index in [1.165, 1.54) is 18.6 Å². The van der Waals surface area contributed by atoms with Crippen molar-refractivity contribution in [1.29, 1.82) is 0 Å². The number of carbonyl (C=O) groups excluding carboxylic acids is 1. The molecule has 0 bridgehead atoms. The van der Waals surface area contributed by atoms with E-state index in [1.807, 2.05) is 6.07 Å². The van der Waals surface area contributed by atoms with Gasteiger partial charge in [-0.3, -0.25) is 9.88 Å². The lowest BCUT2D eigenvalue weighted by molar-refractivity contribution is 0.250. The van der Waals surface area contributed by atoms with Crippen molar-refractivity contribution in [3.8, 4) is 11.6 Å². The largest absolute Gasteiger partial charge is 0.437 e. The van der Waals surface area contributed by atoms with Gasteiger partial charge in [0, 0.05) is 35.9 Å². The van der Waals surface area contributed by atoms with Gasteiger partial charge in [-0.2, -0.15) is 0 Å². The molecule has 1 atom stereocenters. The van der Waals surface area contributed by atoms with Gasteiger partial charge in [-0.1, -0.05) is 23.7 Å². The van der Waals surface area contributed by atoms with Crippen molar-refractivity contribution < 1.29 is 17.9 Å². The summed E-state index contributed by atoms with van der Waals surface area (Å²) in [5.41, 5.74) is 0.393. The van der Waals surface area contributed by atoms with Crippen LogP contribution >= 0.6 is 11.6 Å². The minimum Gasteiger partial charge on any atom is -0.437 e. The van der Waals surface area contributed by atoms with Crippen LogP contribution in [0.4, 0.5) is 10.5 Å². The third-order valence-electron chi connectivity index (χ3n) is 5.27. The third kappa shape index (κ3) is 4.68. The number of rotatable bonds is 7. The fraction of sp³-hybridized carbons (Fsp3) is 0.227. The van der Waals surface area contributed by atoms with Crippen LogP contribution in [0.15, 0.2) is 67.1 Å². The first-order valence-electron chi connectivity index (χ1n) is 9.83. The fourth-order valence-electron chi connectivity index (χ4n) is 3.77. The third-order valence-corrected chi connectivity index (χ3v) is 6.47. The summed E-state index contributed by atoms with van der Waals surface area (Å²) in [6.45, 7) is 0.235. The van der Waals surface area contributed by atoms with Crippen LogP contribution in [-0.2, 0) is 15.4 Å². The summed E-state index contributed by atoms with van der Waals surface area (Å²) in [4.78, 5) is 22.6. The molecule has 32 heavy (non-hydrogen) atoms. The summed E-state index contributed by atoms with van der Waals surface area (Å²) in [5, 5.41) is 3.41. The van der Waals surface area contributed by atoms with Gasteiger partial charge in [0.05, 0.1) is 17.5 Å². The maximum atomic E-state index is 12.9. The van der Waals surface area contributed by atoms with E-state index in [2.05, 4.69) is 15.3 Å². The second kappa shape index (κ2) is 8.76. The molecule has 0 unspecified atom stereocenters. The van der Waals surface area contributed by atoms with Crippen LogP contribution in [0.2, 0.25) is 5.02 Å². The molecule has 3 aromatic rings. The minimum absolute atomic E-state index is 0.0959. The number of nitrogens with zero attached hydrogens (tertiary/aromatic N) is 3. The van der Waals surface area contributed by atoms with Crippen LogP contribution in [0.5, 0.6) is 11.6 Å². The number of amides is 2. The number of ether oxygens (including phenoxy) is 1. The normalized spacial score (nSPS) is 18.4. The monoisotopic (exact) mass is 472 g/mol. The quantitative estimate of drug-likeness (QED) is 0.561. The van der Waals surface area contributed by atoms with Gasteiger partial charge >= 0.3 is 6.03 Å². The molecule has 8 nitrogen and oxygen atoms in total. The first kappa shape index (κ1) is 22.0. The molecule has 0 radical (unpaired) electrons. The smallest absolute Gasteiger partial charge is 0.322 e. The summed E-state index contributed by atoms with van der Waals surface area (Å²) in [6.07, 6.45) is 5.94. The van der Waals surface area contributed by atoms with Crippen molar-refractivity contribution in [2.24, 2.45) is 0 Å². The zero-order valence-corrected chi connectivity index (χ0v) is 18.8. The van der Waals surface area contributed by atoms with Gasteiger partial charge in [0.25, 0.3) is 0 Å². The lowest BCUT2D eigenvalue weighted by Crippen LogP contribution is -2.46. The maximum Gasteiger partial charge on any atom is 0.322 e. The summed E-state index contributed by atoms with van der Waals surface area (Å²) >= 11 is 6.04. The van der Waals surface area contributed by atoms with E-state index in [9.17, 15) is 13.2 Å². The zero-order valence-electron chi connectivity index (χ0n) is 17.2. The van der Waals surface area contributed by atoms with Crippen molar-refractivity contribution in [1.82, 2.24) is 15.3 Å². The molecule has 4 rings (SSSR count). The van der Waals surface area contributed by atoms with Crippen LogP contribution in [0.3, 0.4) is 0 Å². The highest BCUT2D eigenvalue weighted by atomic mass is 35.5. The Labute approximate surface area is 191 Å².